The molecule has 6 heteroatoms. The topological polar surface area (TPSA) is 67.6 Å². The molecule has 0 unspecified atom stereocenters. The van der Waals surface area contributed by atoms with Crippen LogP contribution in [0.25, 0.3) is 5.69 Å². The number of anilines is 1. The Bertz CT molecular complexity index is 642. The second-order valence-electron chi connectivity index (χ2n) is 3.68. The van der Waals surface area contributed by atoms with Crippen molar-refractivity contribution >= 4 is 17.4 Å². The van der Waals surface area contributed by atoms with Crippen LogP contribution in [0, 0.1) is 17.1 Å². The van der Waals surface area contributed by atoms with Crippen LogP contribution >= 0.6 is 11.6 Å². The molecule has 1 aromatic heterocycles. The predicted octanol–water partition coefficient (Wildman–Crippen LogP) is 2.68. The van der Waals surface area contributed by atoms with Crippen LogP contribution in [0.2, 0.25) is 5.02 Å². The fourth-order valence-electron chi connectivity index (χ4n) is 1.66. The molecule has 0 aliphatic carbocycles. The SMILES string of the molecule is CCc1nn(-c2ccc(Cl)c(F)c2)c(N)c1C#N. The monoisotopic (exact) mass is 264 g/mol. The molecule has 1 aromatic carbocycles. The third-order valence-electron chi connectivity index (χ3n) is 2.59. The highest BCUT2D eigenvalue weighted by Crippen LogP contribution is 2.23. The molecule has 0 radical (unpaired) electrons. The molecule has 2 aromatic rings. The number of rotatable bonds is 2. The lowest BCUT2D eigenvalue weighted by molar-refractivity contribution is 0.626. The molecular weight excluding hydrogens is 255 g/mol. The standard InChI is InChI=1S/C12H10ClFN4/c1-2-11-8(6-15)12(16)18(17-11)7-3-4-9(13)10(14)5-7/h3-5H,2,16H2,1H3. The van der Waals surface area contributed by atoms with E-state index in [9.17, 15) is 4.39 Å². The van der Waals surface area contributed by atoms with Gasteiger partial charge in [0.25, 0.3) is 0 Å². The van der Waals surface area contributed by atoms with Gasteiger partial charge < -0.3 is 5.73 Å². The number of aryl methyl sites for hydroxylation is 1. The lowest BCUT2D eigenvalue weighted by Gasteiger charge is -2.04. The predicted molar refractivity (Wildman–Crippen MR) is 67.0 cm³/mol. The van der Waals surface area contributed by atoms with Crippen LogP contribution < -0.4 is 5.73 Å². The van der Waals surface area contributed by atoms with Gasteiger partial charge in [0.05, 0.1) is 16.4 Å². The molecule has 0 spiro atoms. The minimum absolute atomic E-state index is 0.0284. The Morgan fingerprint density at radius 3 is 2.78 bits per heavy atom. The minimum Gasteiger partial charge on any atom is -0.382 e. The molecule has 2 N–H and O–H groups in total. The number of nitrogens with two attached hydrogens (primary N) is 1. The summed E-state index contributed by atoms with van der Waals surface area (Å²) in [5.74, 6) is -0.350. The number of nitrogens with zero attached hydrogens (tertiary/aromatic N) is 3. The number of aromatic nitrogens is 2. The van der Waals surface area contributed by atoms with Gasteiger partial charge in [-0.15, -0.1) is 0 Å². The zero-order chi connectivity index (χ0) is 13.3. The third-order valence-corrected chi connectivity index (χ3v) is 2.89. The Morgan fingerprint density at radius 2 is 2.28 bits per heavy atom. The Morgan fingerprint density at radius 1 is 1.56 bits per heavy atom. The average molecular weight is 265 g/mol. The minimum atomic E-state index is -0.555. The largest absolute Gasteiger partial charge is 0.382 e. The van der Waals surface area contributed by atoms with Crippen LogP contribution in [0.1, 0.15) is 18.2 Å². The van der Waals surface area contributed by atoms with Gasteiger partial charge in [-0.2, -0.15) is 10.4 Å². The van der Waals surface area contributed by atoms with Crippen molar-refractivity contribution < 1.29 is 4.39 Å². The molecule has 0 aliphatic rings. The van der Waals surface area contributed by atoms with Gasteiger partial charge in [-0.25, -0.2) is 9.07 Å². The number of halogens is 2. The second kappa shape index (κ2) is 4.67. The maximum Gasteiger partial charge on any atom is 0.145 e. The van der Waals surface area contributed by atoms with Crippen molar-refractivity contribution in [2.45, 2.75) is 13.3 Å². The normalized spacial score (nSPS) is 10.3. The maximum absolute atomic E-state index is 13.4. The zero-order valence-corrected chi connectivity index (χ0v) is 10.4. The van der Waals surface area contributed by atoms with Crippen molar-refractivity contribution in [2.24, 2.45) is 0 Å². The molecule has 92 valence electrons. The van der Waals surface area contributed by atoms with Crippen LogP contribution in [0.5, 0.6) is 0 Å². The van der Waals surface area contributed by atoms with Crippen LogP contribution in [0.3, 0.4) is 0 Å². The summed E-state index contributed by atoms with van der Waals surface area (Å²) >= 11 is 5.61. The molecule has 2 rings (SSSR count). The summed E-state index contributed by atoms with van der Waals surface area (Å²) in [6.45, 7) is 1.87. The van der Waals surface area contributed by atoms with Crippen LogP contribution in [-0.2, 0) is 6.42 Å². The number of benzene rings is 1. The van der Waals surface area contributed by atoms with E-state index >= 15 is 0 Å². The van der Waals surface area contributed by atoms with Gasteiger partial charge in [-0.05, 0) is 18.6 Å². The first kappa shape index (κ1) is 12.4. The number of nitriles is 1. The van der Waals surface area contributed by atoms with Crippen molar-refractivity contribution in [3.05, 3.63) is 40.3 Å². The molecule has 0 aliphatic heterocycles. The van der Waals surface area contributed by atoms with Crippen molar-refractivity contribution in [1.82, 2.24) is 9.78 Å². The highest BCUT2D eigenvalue weighted by molar-refractivity contribution is 6.30. The number of hydrogen-bond acceptors (Lipinski definition) is 3. The van der Waals surface area contributed by atoms with Gasteiger partial charge in [0, 0.05) is 6.07 Å². The Hall–Kier alpha value is -2.06. The van der Waals surface area contributed by atoms with Gasteiger partial charge in [-0.3, -0.25) is 0 Å². The molecule has 0 amide bonds. The van der Waals surface area contributed by atoms with E-state index in [1.807, 2.05) is 13.0 Å². The lowest BCUT2D eigenvalue weighted by Crippen LogP contribution is -2.03. The first-order valence-electron chi connectivity index (χ1n) is 5.31. The van der Waals surface area contributed by atoms with Gasteiger partial charge in [-0.1, -0.05) is 18.5 Å². The molecule has 0 saturated carbocycles. The highest BCUT2D eigenvalue weighted by atomic mass is 35.5. The van der Waals surface area contributed by atoms with Gasteiger partial charge in [0.15, 0.2) is 0 Å². The third kappa shape index (κ3) is 1.91. The van der Waals surface area contributed by atoms with Crippen molar-refractivity contribution in [1.29, 1.82) is 5.26 Å². The van der Waals surface area contributed by atoms with Gasteiger partial charge >= 0.3 is 0 Å². The summed E-state index contributed by atoms with van der Waals surface area (Å²) < 4.78 is 14.7. The van der Waals surface area contributed by atoms with E-state index in [-0.39, 0.29) is 10.8 Å². The summed E-state index contributed by atoms with van der Waals surface area (Å²) in [5.41, 5.74) is 7.18. The smallest absolute Gasteiger partial charge is 0.145 e. The fourth-order valence-corrected chi connectivity index (χ4v) is 1.78. The maximum atomic E-state index is 13.4. The molecule has 0 fully saturated rings. The molecule has 0 saturated heterocycles. The summed E-state index contributed by atoms with van der Waals surface area (Å²) in [7, 11) is 0. The Balaban J connectivity index is 2.61. The van der Waals surface area contributed by atoms with Crippen molar-refractivity contribution in [2.75, 3.05) is 5.73 Å². The summed E-state index contributed by atoms with van der Waals surface area (Å²) in [6.07, 6.45) is 0.580. The van der Waals surface area contributed by atoms with E-state index < -0.39 is 5.82 Å². The van der Waals surface area contributed by atoms with E-state index in [0.717, 1.165) is 0 Å². The average Bonchev–Trinajstić information content (AvgIpc) is 2.69. The fraction of sp³-hybridized carbons (Fsp3) is 0.167. The number of hydrogen-bond donors (Lipinski definition) is 1. The lowest BCUT2D eigenvalue weighted by atomic mass is 10.2. The molecular formula is C12H10ClFN4. The van der Waals surface area contributed by atoms with Crippen LogP contribution in [-0.4, -0.2) is 9.78 Å². The van der Waals surface area contributed by atoms with Gasteiger partial charge in [0.2, 0.25) is 0 Å². The zero-order valence-electron chi connectivity index (χ0n) is 9.61. The van der Waals surface area contributed by atoms with E-state index in [0.29, 0.717) is 23.4 Å². The quantitative estimate of drug-likeness (QED) is 0.907. The van der Waals surface area contributed by atoms with Crippen molar-refractivity contribution in [3.8, 4) is 11.8 Å². The second-order valence-corrected chi connectivity index (χ2v) is 4.09. The van der Waals surface area contributed by atoms with E-state index in [2.05, 4.69) is 5.10 Å². The van der Waals surface area contributed by atoms with Crippen LogP contribution in [0.4, 0.5) is 10.2 Å². The summed E-state index contributed by atoms with van der Waals surface area (Å²) in [6, 6.07) is 6.25. The first-order valence-corrected chi connectivity index (χ1v) is 5.69. The Labute approximate surface area is 108 Å². The molecule has 0 atom stereocenters. The van der Waals surface area contributed by atoms with Gasteiger partial charge in [0.1, 0.15) is 23.3 Å². The molecule has 18 heavy (non-hydrogen) atoms. The summed E-state index contributed by atoms with van der Waals surface area (Å²) in [4.78, 5) is 0. The molecule has 0 bridgehead atoms. The van der Waals surface area contributed by atoms with E-state index in [1.54, 1.807) is 6.07 Å². The van der Waals surface area contributed by atoms with E-state index in [1.165, 1.54) is 16.8 Å². The summed E-state index contributed by atoms with van der Waals surface area (Å²) in [5, 5.41) is 13.2. The first-order chi connectivity index (χ1) is 8.58. The Kier molecular flexibility index (Phi) is 3.21. The van der Waals surface area contributed by atoms with E-state index in [4.69, 9.17) is 22.6 Å². The van der Waals surface area contributed by atoms with Crippen LogP contribution in [0.15, 0.2) is 18.2 Å². The van der Waals surface area contributed by atoms with Crippen molar-refractivity contribution in [3.63, 3.8) is 0 Å². The molecule has 1 heterocycles. The molecule has 4 nitrogen and oxygen atoms in total. The highest BCUT2D eigenvalue weighted by Gasteiger charge is 2.15. The number of nitrogen functional groups attached to an aromatic ring is 1.